The molecular weight excluding hydrogens is 544 g/mol. The Hall–Kier alpha value is -4.43. The van der Waals surface area contributed by atoms with Crippen molar-refractivity contribution in [1.82, 2.24) is 35.1 Å². The van der Waals surface area contributed by atoms with Crippen molar-refractivity contribution in [2.45, 2.75) is 25.7 Å². The number of carboxylic acid groups (broad SMARTS) is 2. The molecule has 1 fully saturated rings. The molecule has 4 aromatic heterocycles. The fourth-order valence-corrected chi connectivity index (χ4v) is 3.96. The second kappa shape index (κ2) is 13.6. The van der Waals surface area contributed by atoms with Crippen LogP contribution in [-0.4, -0.2) is 90.5 Å². The molecule has 0 bridgehead atoms. The quantitative estimate of drug-likeness (QED) is 0.280. The predicted octanol–water partition coefficient (Wildman–Crippen LogP) is 2.70. The maximum atomic E-state index is 10.6. The van der Waals surface area contributed by atoms with Gasteiger partial charge in [-0.25, -0.2) is 9.97 Å². The van der Waals surface area contributed by atoms with Gasteiger partial charge in [-0.05, 0) is 31.3 Å². The van der Waals surface area contributed by atoms with E-state index in [1.165, 1.54) is 0 Å². The Kier molecular flexibility index (Phi) is 9.70. The molecular formula is C25H27ClN8O6. The van der Waals surface area contributed by atoms with Crippen LogP contribution < -0.4 is 4.90 Å². The van der Waals surface area contributed by atoms with Crippen molar-refractivity contribution in [1.29, 1.82) is 0 Å². The maximum absolute atomic E-state index is 10.6. The number of likely N-dealkylation sites (N-methyl/N-ethyl adjacent to an activating group) is 1. The summed E-state index contributed by atoms with van der Waals surface area (Å²) in [6.07, 6.45) is 3.65. The molecule has 1 saturated heterocycles. The van der Waals surface area contributed by atoms with Crippen molar-refractivity contribution in [2.24, 2.45) is 0 Å². The van der Waals surface area contributed by atoms with Crippen LogP contribution in [0.2, 0.25) is 5.15 Å². The van der Waals surface area contributed by atoms with Crippen molar-refractivity contribution in [3.63, 3.8) is 0 Å². The van der Waals surface area contributed by atoms with E-state index in [0.29, 0.717) is 23.1 Å². The molecule has 0 aliphatic carbocycles. The predicted molar refractivity (Wildman–Crippen MR) is 142 cm³/mol. The molecule has 0 spiro atoms. The van der Waals surface area contributed by atoms with Crippen LogP contribution in [0.1, 0.15) is 24.6 Å². The van der Waals surface area contributed by atoms with E-state index in [4.69, 9.17) is 30.9 Å². The molecule has 0 amide bonds. The van der Waals surface area contributed by atoms with E-state index in [1.807, 2.05) is 12.1 Å². The maximum Gasteiger partial charge on any atom is 0.303 e. The lowest BCUT2D eigenvalue weighted by molar-refractivity contribution is -0.138. The molecule has 0 radical (unpaired) electrons. The molecule has 0 aromatic carbocycles. The van der Waals surface area contributed by atoms with Gasteiger partial charge in [-0.3, -0.25) is 9.59 Å². The highest BCUT2D eigenvalue weighted by atomic mass is 35.5. The van der Waals surface area contributed by atoms with E-state index < -0.39 is 11.9 Å². The zero-order chi connectivity index (χ0) is 28.5. The smallest absolute Gasteiger partial charge is 0.303 e. The van der Waals surface area contributed by atoms with Crippen molar-refractivity contribution in [2.75, 3.05) is 38.1 Å². The van der Waals surface area contributed by atoms with E-state index in [-0.39, 0.29) is 36.7 Å². The highest BCUT2D eigenvalue weighted by Gasteiger charge is 2.21. The molecule has 15 heteroatoms. The lowest BCUT2D eigenvalue weighted by Gasteiger charge is -2.33. The Morgan fingerprint density at radius 3 is 1.93 bits per heavy atom. The first-order chi connectivity index (χ1) is 19.3. The number of aromatic nitrogens is 6. The number of pyridine rings is 2. The Morgan fingerprint density at radius 1 is 0.850 bits per heavy atom. The fraction of sp³-hybridized carbons (Fsp3) is 0.360. The molecule has 0 saturated carbocycles. The number of halogens is 1. The van der Waals surface area contributed by atoms with Gasteiger partial charge in [-0.15, -0.1) is 0 Å². The van der Waals surface area contributed by atoms with Crippen LogP contribution in [0.4, 0.5) is 5.82 Å². The first-order valence-electron chi connectivity index (χ1n) is 12.4. The molecule has 5 heterocycles. The van der Waals surface area contributed by atoms with Gasteiger partial charge in [0.2, 0.25) is 23.4 Å². The highest BCUT2D eigenvalue weighted by molar-refractivity contribution is 6.31. The summed E-state index contributed by atoms with van der Waals surface area (Å²) in [4.78, 5) is 42.2. The van der Waals surface area contributed by atoms with Crippen molar-refractivity contribution < 1.29 is 28.8 Å². The van der Waals surface area contributed by atoms with Crippen LogP contribution in [0.25, 0.3) is 22.8 Å². The second-order valence-electron chi connectivity index (χ2n) is 8.82. The summed E-state index contributed by atoms with van der Waals surface area (Å²) in [5, 5.41) is 25.2. The lowest BCUT2D eigenvalue weighted by Crippen LogP contribution is -2.45. The monoisotopic (exact) mass is 570 g/mol. The van der Waals surface area contributed by atoms with Gasteiger partial charge in [-0.1, -0.05) is 21.9 Å². The van der Waals surface area contributed by atoms with Crippen molar-refractivity contribution in [3.05, 3.63) is 53.6 Å². The van der Waals surface area contributed by atoms with Crippen LogP contribution in [0.15, 0.2) is 45.7 Å². The standard InChI is InChI=1S/C15H19N5O3.C10H8ClN3O3/c1-19-7-9-20(10-8-19)15-11(3-2-6-16-15)14-17-12(23-18-14)4-5-13(21)22;11-9-6(2-1-5-12-9)10-13-7(17-14-10)3-4-8(15)16/h2-3,6H,4-5,7-10H2,1H3,(H,21,22);1-2,5H,3-4H2,(H,15,16). The molecule has 4 aromatic rings. The summed E-state index contributed by atoms with van der Waals surface area (Å²) in [6.45, 7) is 3.74. The summed E-state index contributed by atoms with van der Waals surface area (Å²) in [5.41, 5.74) is 1.36. The number of carbonyl (C=O) groups is 2. The molecule has 40 heavy (non-hydrogen) atoms. The van der Waals surface area contributed by atoms with Crippen LogP contribution >= 0.6 is 11.6 Å². The highest BCUT2D eigenvalue weighted by Crippen LogP contribution is 2.27. The zero-order valence-corrected chi connectivity index (χ0v) is 22.4. The summed E-state index contributed by atoms with van der Waals surface area (Å²) in [6, 6.07) is 7.16. The fourth-order valence-electron chi connectivity index (χ4n) is 3.75. The van der Waals surface area contributed by atoms with E-state index in [9.17, 15) is 9.59 Å². The van der Waals surface area contributed by atoms with Crippen LogP contribution in [0.5, 0.6) is 0 Å². The van der Waals surface area contributed by atoms with Crippen LogP contribution in [0.3, 0.4) is 0 Å². The van der Waals surface area contributed by atoms with Crippen LogP contribution in [-0.2, 0) is 22.4 Å². The van der Waals surface area contributed by atoms with Crippen molar-refractivity contribution >= 4 is 29.4 Å². The van der Waals surface area contributed by atoms with Gasteiger partial charge < -0.3 is 29.1 Å². The van der Waals surface area contributed by atoms with Gasteiger partial charge >= 0.3 is 11.9 Å². The lowest BCUT2D eigenvalue weighted by atomic mass is 10.2. The van der Waals surface area contributed by atoms with Gasteiger partial charge in [0.25, 0.3) is 0 Å². The Balaban J connectivity index is 0.000000194. The summed E-state index contributed by atoms with van der Waals surface area (Å²) in [7, 11) is 2.10. The number of aryl methyl sites for hydroxylation is 2. The normalized spacial score (nSPS) is 13.5. The molecule has 2 N–H and O–H groups in total. The average Bonchev–Trinajstić information content (AvgIpc) is 3.62. The number of hydrogen-bond donors (Lipinski definition) is 2. The molecule has 210 valence electrons. The summed E-state index contributed by atoms with van der Waals surface area (Å²) in [5.74, 6) is 0.397. The Bertz CT molecular complexity index is 1440. The number of rotatable bonds is 9. The zero-order valence-electron chi connectivity index (χ0n) is 21.6. The van der Waals surface area contributed by atoms with E-state index >= 15 is 0 Å². The minimum absolute atomic E-state index is 0.0278. The third-order valence-corrected chi connectivity index (χ3v) is 6.17. The number of piperazine rings is 1. The van der Waals surface area contributed by atoms with Crippen LogP contribution in [0, 0.1) is 0 Å². The van der Waals surface area contributed by atoms with Gasteiger partial charge in [0, 0.05) is 51.4 Å². The number of carboxylic acids is 2. The van der Waals surface area contributed by atoms with Gasteiger partial charge in [0.1, 0.15) is 11.0 Å². The number of aliphatic carboxylic acids is 2. The van der Waals surface area contributed by atoms with E-state index in [1.54, 1.807) is 24.5 Å². The van der Waals surface area contributed by atoms with Crippen molar-refractivity contribution in [3.8, 4) is 22.8 Å². The third-order valence-electron chi connectivity index (χ3n) is 5.87. The summed E-state index contributed by atoms with van der Waals surface area (Å²) >= 11 is 5.87. The average molecular weight is 571 g/mol. The minimum Gasteiger partial charge on any atom is -0.481 e. The van der Waals surface area contributed by atoms with Gasteiger partial charge in [-0.2, -0.15) is 9.97 Å². The second-order valence-corrected chi connectivity index (χ2v) is 9.18. The SMILES string of the molecule is CN1CCN(c2ncccc2-c2noc(CCC(=O)O)n2)CC1.O=C(O)CCc1nc(-c2cccnc2Cl)no1. The van der Waals surface area contributed by atoms with E-state index in [2.05, 4.69) is 47.1 Å². The molecule has 0 unspecified atom stereocenters. The van der Waals surface area contributed by atoms with E-state index in [0.717, 1.165) is 37.6 Å². The number of anilines is 1. The summed E-state index contributed by atoms with van der Waals surface area (Å²) < 4.78 is 10.1. The molecule has 1 aliphatic rings. The molecule has 5 rings (SSSR count). The van der Waals surface area contributed by atoms with Gasteiger partial charge in [0.15, 0.2) is 0 Å². The first-order valence-corrected chi connectivity index (χ1v) is 12.8. The molecule has 14 nitrogen and oxygen atoms in total. The minimum atomic E-state index is -0.913. The Labute approximate surface area is 233 Å². The largest absolute Gasteiger partial charge is 0.481 e. The Morgan fingerprint density at radius 2 is 1.38 bits per heavy atom. The van der Waals surface area contributed by atoms with Gasteiger partial charge in [0.05, 0.1) is 24.0 Å². The number of nitrogens with zero attached hydrogens (tertiary/aromatic N) is 8. The molecule has 0 atom stereocenters. The topological polar surface area (TPSA) is 185 Å². The number of hydrogen-bond acceptors (Lipinski definition) is 12. The molecule has 1 aliphatic heterocycles. The first kappa shape index (κ1) is 28.6. The third kappa shape index (κ3) is 7.80.